The molecule has 0 aliphatic heterocycles. The first kappa shape index (κ1) is 20.6. The van der Waals surface area contributed by atoms with E-state index in [2.05, 4.69) is 18.6 Å². The Hall–Kier alpha value is -1.70. The van der Waals surface area contributed by atoms with Gasteiger partial charge < -0.3 is 0 Å². The molecule has 0 radical (unpaired) electrons. The van der Waals surface area contributed by atoms with E-state index in [-0.39, 0.29) is 9.79 Å². The molecule has 1 N–H and O–H groups in total. The summed E-state index contributed by atoms with van der Waals surface area (Å²) in [7, 11) is -7.10. The van der Waals surface area contributed by atoms with Gasteiger partial charge in [0.05, 0.1) is 9.79 Å². The van der Waals surface area contributed by atoms with Gasteiger partial charge in [0.2, 0.25) is 10.0 Å². The standard InChI is InChI=1S/C19H25NO4S2/c1-14(2)13-16-5-7-17(8-6-16)15(3)20-26(23,24)19-11-9-18(10-12-19)25(4,21)22/h5-12,14-15,20H,13H2,1-4H3. The van der Waals surface area contributed by atoms with Crippen molar-refractivity contribution in [3.8, 4) is 0 Å². The summed E-state index contributed by atoms with van der Waals surface area (Å²) in [4.78, 5) is 0.124. The summed E-state index contributed by atoms with van der Waals surface area (Å²) in [5, 5.41) is 0. The largest absolute Gasteiger partial charge is 0.241 e. The highest BCUT2D eigenvalue weighted by Gasteiger charge is 2.19. The third-order valence-corrected chi connectivity index (χ3v) is 6.70. The maximum Gasteiger partial charge on any atom is 0.241 e. The van der Waals surface area contributed by atoms with Crippen molar-refractivity contribution in [2.45, 2.75) is 43.0 Å². The van der Waals surface area contributed by atoms with Crippen molar-refractivity contribution < 1.29 is 16.8 Å². The van der Waals surface area contributed by atoms with Crippen molar-refractivity contribution in [2.75, 3.05) is 6.26 Å². The summed E-state index contributed by atoms with van der Waals surface area (Å²) in [5.74, 6) is 0.562. The van der Waals surface area contributed by atoms with E-state index in [0.717, 1.165) is 18.2 Å². The average Bonchev–Trinajstić information content (AvgIpc) is 2.54. The molecule has 26 heavy (non-hydrogen) atoms. The first-order chi connectivity index (χ1) is 12.0. The predicted octanol–water partition coefficient (Wildman–Crippen LogP) is 3.33. The van der Waals surface area contributed by atoms with Gasteiger partial charge in [-0.15, -0.1) is 0 Å². The first-order valence-electron chi connectivity index (χ1n) is 8.40. The zero-order chi connectivity index (χ0) is 19.5. The maximum atomic E-state index is 12.5. The summed E-state index contributed by atoms with van der Waals surface area (Å²) in [6, 6.07) is 12.7. The van der Waals surface area contributed by atoms with Crippen LogP contribution in [0.4, 0.5) is 0 Å². The van der Waals surface area contributed by atoms with Crippen LogP contribution in [-0.4, -0.2) is 23.1 Å². The van der Waals surface area contributed by atoms with Gasteiger partial charge in [-0.1, -0.05) is 38.1 Å². The lowest BCUT2D eigenvalue weighted by atomic mass is 10.0. The molecule has 0 saturated heterocycles. The molecule has 1 atom stereocenters. The van der Waals surface area contributed by atoms with Crippen LogP contribution in [0.25, 0.3) is 0 Å². The molecule has 0 amide bonds. The number of nitrogens with one attached hydrogen (secondary N) is 1. The van der Waals surface area contributed by atoms with Crippen molar-refractivity contribution >= 4 is 19.9 Å². The molecule has 1 unspecified atom stereocenters. The molecule has 2 rings (SSSR count). The molecule has 7 heteroatoms. The summed E-state index contributed by atoms with van der Waals surface area (Å²) in [5.41, 5.74) is 2.09. The van der Waals surface area contributed by atoms with E-state index in [1.807, 2.05) is 24.3 Å². The Labute approximate surface area is 156 Å². The Morgan fingerprint density at radius 1 is 0.808 bits per heavy atom. The van der Waals surface area contributed by atoms with Gasteiger partial charge in [-0.05, 0) is 54.7 Å². The number of rotatable bonds is 7. The quantitative estimate of drug-likeness (QED) is 0.780. The van der Waals surface area contributed by atoms with Gasteiger partial charge in [0.15, 0.2) is 9.84 Å². The van der Waals surface area contributed by atoms with Crippen LogP contribution in [-0.2, 0) is 26.3 Å². The van der Waals surface area contributed by atoms with Gasteiger partial charge in [-0.25, -0.2) is 21.6 Å². The number of sulfonamides is 1. The van der Waals surface area contributed by atoms with Gasteiger partial charge in [0, 0.05) is 12.3 Å². The van der Waals surface area contributed by atoms with E-state index >= 15 is 0 Å². The summed E-state index contributed by atoms with van der Waals surface area (Å²) < 4.78 is 50.7. The number of sulfone groups is 1. The van der Waals surface area contributed by atoms with Crippen molar-refractivity contribution in [3.05, 3.63) is 59.7 Å². The van der Waals surface area contributed by atoms with Crippen LogP contribution in [0.5, 0.6) is 0 Å². The van der Waals surface area contributed by atoms with E-state index < -0.39 is 25.9 Å². The van der Waals surface area contributed by atoms with Gasteiger partial charge in [-0.2, -0.15) is 0 Å². The lowest BCUT2D eigenvalue weighted by Crippen LogP contribution is -2.26. The Morgan fingerprint density at radius 2 is 1.31 bits per heavy atom. The van der Waals surface area contributed by atoms with Crippen molar-refractivity contribution in [1.82, 2.24) is 4.72 Å². The predicted molar refractivity (Wildman–Crippen MR) is 103 cm³/mol. The van der Waals surface area contributed by atoms with E-state index in [1.165, 1.54) is 29.8 Å². The molecule has 2 aromatic rings. The lowest BCUT2D eigenvalue weighted by molar-refractivity contribution is 0.566. The second-order valence-corrected chi connectivity index (χ2v) is 10.7. The van der Waals surface area contributed by atoms with Crippen LogP contribution >= 0.6 is 0 Å². The summed E-state index contributed by atoms with van der Waals surface area (Å²) >= 11 is 0. The Balaban J connectivity index is 2.15. The first-order valence-corrected chi connectivity index (χ1v) is 11.8. The molecule has 142 valence electrons. The van der Waals surface area contributed by atoms with Crippen LogP contribution in [0.15, 0.2) is 58.3 Å². The topological polar surface area (TPSA) is 80.3 Å². The highest BCUT2D eigenvalue weighted by molar-refractivity contribution is 7.90. The number of hydrogen-bond acceptors (Lipinski definition) is 4. The zero-order valence-electron chi connectivity index (χ0n) is 15.4. The van der Waals surface area contributed by atoms with Crippen LogP contribution in [0.2, 0.25) is 0 Å². The highest BCUT2D eigenvalue weighted by Crippen LogP contribution is 2.20. The number of hydrogen-bond donors (Lipinski definition) is 1. The third-order valence-electron chi connectivity index (χ3n) is 4.02. The Bertz CT molecular complexity index is 946. The molecule has 0 spiro atoms. The van der Waals surface area contributed by atoms with E-state index in [1.54, 1.807) is 6.92 Å². The second-order valence-electron chi connectivity index (χ2n) is 6.93. The van der Waals surface area contributed by atoms with E-state index in [9.17, 15) is 16.8 Å². The van der Waals surface area contributed by atoms with E-state index in [0.29, 0.717) is 5.92 Å². The maximum absolute atomic E-state index is 12.5. The fourth-order valence-electron chi connectivity index (χ4n) is 2.65. The van der Waals surface area contributed by atoms with Crippen molar-refractivity contribution in [1.29, 1.82) is 0 Å². The second kappa shape index (κ2) is 7.90. The molecular formula is C19H25NO4S2. The van der Waals surface area contributed by atoms with Crippen LogP contribution in [0, 0.1) is 5.92 Å². The van der Waals surface area contributed by atoms with Crippen LogP contribution < -0.4 is 4.72 Å². The van der Waals surface area contributed by atoms with Crippen molar-refractivity contribution in [3.63, 3.8) is 0 Å². The molecule has 0 aliphatic carbocycles. The average molecular weight is 396 g/mol. The Kier molecular flexibility index (Phi) is 6.26. The zero-order valence-corrected chi connectivity index (χ0v) is 17.1. The molecule has 2 aromatic carbocycles. The SMILES string of the molecule is CC(C)Cc1ccc(C(C)NS(=O)(=O)c2ccc(S(C)(=O)=O)cc2)cc1. The molecule has 0 fully saturated rings. The molecule has 0 saturated carbocycles. The minimum atomic E-state index is -3.74. The molecular weight excluding hydrogens is 370 g/mol. The monoisotopic (exact) mass is 395 g/mol. The molecule has 5 nitrogen and oxygen atoms in total. The normalized spacial score (nSPS) is 13.7. The molecule has 0 heterocycles. The van der Waals surface area contributed by atoms with Gasteiger partial charge in [0.25, 0.3) is 0 Å². The van der Waals surface area contributed by atoms with Crippen LogP contribution in [0.3, 0.4) is 0 Å². The van der Waals surface area contributed by atoms with E-state index in [4.69, 9.17) is 0 Å². The smallest absolute Gasteiger partial charge is 0.224 e. The fraction of sp³-hybridized carbons (Fsp3) is 0.368. The summed E-state index contributed by atoms with van der Waals surface area (Å²) in [6.07, 6.45) is 2.06. The van der Waals surface area contributed by atoms with Crippen LogP contribution in [0.1, 0.15) is 37.9 Å². The summed E-state index contributed by atoms with van der Waals surface area (Å²) in [6.45, 7) is 6.08. The third kappa shape index (κ3) is 5.40. The van der Waals surface area contributed by atoms with Gasteiger partial charge in [-0.3, -0.25) is 0 Å². The molecule has 0 aromatic heterocycles. The highest BCUT2D eigenvalue weighted by atomic mass is 32.2. The molecule has 0 aliphatic rings. The van der Waals surface area contributed by atoms with Gasteiger partial charge in [0.1, 0.15) is 0 Å². The Morgan fingerprint density at radius 3 is 1.77 bits per heavy atom. The van der Waals surface area contributed by atoms with Gasteiger partial charge >= 0.3 is 0 Å². The molecule has 0 bridgehead atoms. The minimum absolute atomic E-state index is 0.0353. The van der Waals surface area contributed by atoms with Crippen molar-refractivity contribution in [2.24, 2.45) is 5.92 Å². The number of benzene rings is 2. The minimum Gasteiger partial charge on any atom is -0.224 e. The fourth-order valence-corrected chi connectivity index (χ4v) is 4.51. The lowest BCUT2D eigenvalue weighted by Gasteiger charge is -2.16.